The molecule has 0 saturated carbocycles. The third-order valence-corrected chi connectivity index (χ3v) is 1.84. The number of carboxylic acid groups (broad SMARTS) is 1. The van der Waals surface area contributed by atoms with Gasteiger partial charge in [0.25, 0.3) is 0 Å². The molecule has 0 bridgehead atoms. The molecule has 1 aromatic carbocycles. The zero-order chi connectivity index (χ0) is 9.84. The van der Waals surface area contributed by atoms with Crippen molar-refractivity contribution in [1.82, 2.24) is 0 Å². The van der Waals surface area contributed by atoms with E-state index in [4.69, 9.17) is 21.4 Å². The Balaban J connectivity index is 2.72. The summed E-state index contributed by atoms with van der Waals surface area (Å²) in [6.07, 6.45) is 0. The van der Waals surface area contributed by atoms with Crippen LogP contribution >= 0.6 is 24.2 Å². The Morgan fingerprint density at radius 2 is 2.31 bits per heavy atom. The maximum absolute atomic E-state index is 10.2. The van der Waals surface area contributed by atoms with Crippen LogP contribution in [0.15, 0.2) is 23.1 Å². The molecule has 0 amide bonds. The van der Waals surface area contributed by atoms with Gasteiger partial charge in [0.05, 0.1) is 5.02 Å². The highest BCUT2D eigenvalue weighted by molar-refractivity contribution is 7.80. The van der Waals surface area contributed by atoms with Gasteiger partial charge < -0.3 is 9.84 Å². The molecule has 1 aromatic rings. The summed E-state index contributed by atoms with van der Waals surface area (Å²) in [6, 6.07) is 4.83. The summed E-state index contributed by atoms with van der Waals surface area (Å²) in [5.74, 6) is -0.687. The second-order valence-corrected chi connectivity index (χ2v) is 3.22. The molecule has 5 heteroatoms. The number of carboxylic acids is 1. The van der Waals surface area contributed by atoms with Crippen LogP contribution in [0.3, 0.4) is 0 Å². The van der Waals surface area contributed by atoms with E-state index in [1.807, 2.05) is 0 Å². The normalized spacial score (nSPS) is 9.69. The van der Waals surface area contributed by atoms with Crippen LogP contribution < -0.4 is 4.74 Å². The molecule has 0 radical (unpaired) electrons. The van der Waals surface area contributed by atoms with Crippen LogP contribution in [0.4, 0.5) is 0 Å². The molecule has 0 spiro atoms. The summed E-state index contributed by atoms with van der Waals surface area (Å²) in [6.45, 7) is -0.397. The van der Waals surface area contributed by atoms with Crippen molar-refractivity contribution >= 4 is 30.2 Å². The molecule has 0 saturated heterocycles. The summed E-state index contributed by atoms with van der Waals surface area (Å²) in [7, 11) is 0. The number of aliphatic carboxylic acids is 1. The van der Waals surface area contributed by atoms with Crippen molar-refractivity contribution in [3.05, 3.63) is 23.2 Å². The van der Waals surface area contributed by atoms with Gasteiger partial charge in [-0.2, -0.15) is 0 Å². The van der Waals surface area contributed by atoms with Gasteiger partial charge in [-0.15, -0.1) is 12.6 Å². The van der Waals surface area contributed by atoms with Gasteiger partial charge in [0.2, 0.25) is 0 Å². The van der Waals surface area contributed by atoms with Gasteiger partial charge in [-0.25, -0.2) is 4.79 Å². The Kier molecular flexibility index (Phi) is 3.45. The van der Waals surface area contributed by atoms with E-state index in [0.717, 1.165) is 0 Å². The first kappa shape index (κ1) is 10.2. The minimum absolute atomic E-state index is 0.349. The van der Waals surface area contributed by atoms with Gasteiger partial charge in [0.1, 0.15) is 5.75 Å². The highest BCUT2D eigenvalue weighted by atomic mass is 35.5. The van der Waals surface area contributed by atoms with Crippen molar-refractivity contribution in [2.45, 2.75) is 4.90 Å². The Hall–Kier alpha value is -0.870. The predicted octanol–water partition coefficient (Wildman–Crippen LogP) is 2.09. The van der Waals surface area contributed by atoms with E-state index in [0.29, 0.717) is 15.7 Å². The van der Waals surface area contributed by atoms with Gasteiger partial charge in [-0.3, -0.25) is 0 Å². The van der Waals surface area contributed by atoms with Crippen LogP contribution in [0.25, 0.3) is 0 Å². The van der Waals surface area contributed by atoms with E-state index in [1.165, 1.54) is 0 Å². The lowest BCUT2D eigenvalue weighted by molar-refractivity contribution is -0.139. The molecule has 3 nitrogen and oxygen atoms in total. The SMILES string of the molecule is O=C(O)COc1ccc(S)cc1Cl. The molecule has 1 rings (SSSR count). The van der Waals surface area contributed by atoms with Crippen molar-refractivity contribution in [3.8, 4) is 5.75 Å². The fourth-order valence-electron chi connectivity index (χ4n) is 0.746. The topological polar surface area (TPSA) is 46.5 Å². The van der Waals surface area contributed by atoms with Crippen molar-refractivity contribution in [1.29, 1.82) is 0 Å². The first-order valence-electron chi connectivity index (χ1n) is 3.42. The van der Waals surface area contributed by atoms with E-state index in [-0.39, 0.29) is 0 Å². The van der Waals surface area contributed by atoms with Gasteiger partial charge in [-0.05, 0) is 18.2 Å². The number of carbonyl (C=O) groups is 1. The lowest BCUT2D eigenvalue weighted by atomic mass is 10.3. The molecule has 0 atom stereocenters. The largest absolute Gasteiger partial charge is 0.480 e. The van der Waals surface area contributed by atoms with Crippen LogP contribution in [0.2, 0.25) is 5.02 Å². The van der Waals surface area contributed by atoms with Crippen molar-refractivity contribution in [2.75, 3.05) is 6.61 Å². The number of rotatable bonds is 3. The zero-order valence-electron chi connectivity index (χ0n) is 6.53. The summed E-state index contributed by atoms with van der Waals surface area (Å²) in [5, 5.41) is 8.69. The standard InChI is InChI=1S/C8H7ClO3S/c9-6-3-5(13)1-2-7(6)12-4-8(10)11/h1-3,13H,4H2,(H,10,11). The van der Waals surface area contributed by atoms with Crippen LogP contribution in [0, 0.1) is 0 Å². The summed E-state index contributed by atoms with van der Waals surface area (Å²) in [4.78, 5) is 10.9. The average molecular weight is 219 g/mol. The minimum atomic E-state index is -1.04. The van der Waals surface area contributed by atoms with Crippen LogP contribution in [0.5, 0.6) is 5.75 Å². The fraction of sp³-hybridized carbons (Fsp3) is 0.125. The molecule has 0 aliphatic heterocycles. The molecule has 1 N–H and O–H groups in total. The van der Waals surface area contributed by atoms with E-state index in [2.05, 4.69) is 12.6 Å². The number of ether oxygens (including phenoxy) is 1. The lowest BCUT2D eigenvalue weighted by Gasteiger charge is -2.05. The molecule has 0 fully saturated rings. The first-order chi connectivity index (χ1) is 6.09. The Morgan fingerprint density at radius 3 is 2.85 bits per heavy atom. The van der Waals surface area contributed by atoms with Crippen molar-refractivity contribution < 1.29 is 14.6 Å². The summed E-state index contributed by atoms with van der Waals surface area (Å²) in [5.41, 5.74) is 0. The molecule has 0 unspecified atom stereocenters. The Morgan fingerprint density at radius 1 is 1.62 bits per heavy atom. The third kappa shape index (κ3) is 3.16. The van der Waals surface area contributed by atoms with Crippen LogP contribution in [-0.2, 0) is 4.79 Å². The first-order valence-corrected chi connectivity index (χ1v) is 4.25. The fourth-order valence-corrected chi connectivity index (χ4v) is 1.26. The zero-order valence-corrected chi connectivity index (χ0v) is 8.18. The van der Waals surface area contributed by atoms with Crippen molar-refractivity contribution in [3.63, 3.8) is 0 Å². The number of halogens is 1. The van der Waals surface area contributed by atoms with Crippen LogP contribution in [-0.4, -0.2) is 17.7 Å². The van der Waals surface area contributed by atoms with Gasteiger partial charge in [0.15, 0.2) is 6.61 Å². The number of benzene rings is 1. The minimum Gasteiger partial charge on any atom is -0.480 e. The summed E-state index contributed by atoms with van der Waals surface area (Å²) < 4.78 is 4.89. The maximum Gasteiger partial charge on any atom is 0.341 e. The van der Waals surface area contributed by atoms with Crippen LogP contribution in [0.1, 0.15) is 0 Å². The average Bonchev–Trinajstić information content (AvgIpc) is 2.02. The van der Waals surface area contributed by atoms with Gasteiger partial charge in [0, 0.05) is 4.90 Å². The molecular formula is C8H7ClO3S. The van der Waals surface area contributed by atoms with Gasteiger partial charge >= 0.3 is 5.97 Å². The van der Waals surface area contributed by atoms with E-state index in [9.17, 15) is 4.79 Å². The lowest BCUT2D eigenvalue weighted by Crippen LogP contribution is -2.09. The highest BCUT2D eigenvalue weighted by Crippen LogP contribution is 2.26. The molecule has 70 valence electrons. The second-order valence-electron chi connectivity index (χ2n) is 2.30. The number of hydrogen-bond donors (Lipinski definition) is 2. The third-order valence-electron chi connectivity index (χ3n) is 1.27. The molecule has 0 aliphatic carbocycles. The quantitative estimate of drug-likeness (QED) is 0.764. The van der Waals surface area contributed by atoms with E-state index in [1.54, 1.807) is 18.2 Å². The van der Waals surface area contributed by atoms with E-state index >= 15 is 0 Å². The highest BCUT2D eigenvalue weighted by Gasteiger charge is 2.03. The van der Waals surface area contributed by atoms with Gasteiger partial charge in [-0.1, -0.05) is 11.6 Å². The second kappa shape index (κ2) is 4.39. The molecule has 13 heavy (non-hydrogen) atoms. The monoisotopic (exact) mass is 218 g/mol. The Labute approximate surface area is 85.7 Å². The maximum atomic E-state index is 10.2. The molecule has 0 aliphatic rings. The number of hydrogen-bond acceptors (Lipinski definition) is 3. The smallest absolute Gasteiger partial charge is 0.341 e. The molecular weight excluding hydrogens is 212 g/mol. The molecule has 0 heterocycles. The predicted molar refractivity (Wildman–Crippen MR) is 51.8 cm³/mol. The summed E-state index contributed by atoms with van der Waals surface area (Å²) >= 11 is 9.80. The van der Waals surface area contributed by atoms with Crippen molar-refractivity contribution in [2.24, 2.45) is 0 Å². The Bertz CT molecular complexity index is 327. The number of thiol groups is 1. The molecule has 0 aromatic heterocycles. The van der Waals surface area contributed by atoms with E-state index < -0.39 is 12.6 Å².